The largest absolute Gasteiger partial charge is 0.478 e. The Balaban J connectivity index is 2.00. The van der Waals surface area contributed by atoms with E-state index in [9.17, 15) is 9.90 Å². The summed E-state index contributed by atoms with van der Waals surface area (Å²) in [6, 6.07) is 6.55. The number of rotatable bonds is 3. The highest BCUT2D eigenvalue weighted by atomic mass is 16.5. The molecule has 0 radical (unpaired) electrons. The molecule has 104 valence electrons. The third-order valence-electron chi connectivity index (χ3n) is 3.51. The SMILES string of the molecule is CC1(c2noc(-c3ccccc3C(=O)O)n2)CCCO1. The lowest BCUT2D eigenvalue weighted by Gasteiger charge is -2.17. The molecule has 1 fully saturated rings. The van der Waals surface area contributed by atoms with E-state index < -0.39 is 11.6 Å². The average Bonchev–Trinajstić information content (AvgIpc) is 3.08. The van der Waals surface area contributed by atoms with Crippen LogP contribution in [-0.2, 0) is 10.3 Å². The van der Waals surface area contributed by atoms with Gasteiger partial charge in [-0.15, -0.1) is 0 Å². The van der Waals surface area contributed by atoms with Crippen LogP contribution in [0.5, 0.6) is 0 Å². The van der Waals surface area contributed by atoms with Crippen LogP contribution in [0.25, 0.3) is 11.5 Å². The number of hydrogen-bond donors (Lipinski definition) is 1. The zero-order valence-electron chi connectivity index (χ0n) is 11.0. The van der Waals surface area contributed by atoms with E-state index in [1.54, 1.807) is 18.2 Å². The molecule has 1 aromatic heterocycles. The van der Waals surface area contributed by atoms with Crippen LogP contribution in [0.3, 0.4) is 0 Å². The number of carboxylic acid groups (broad SMARTS) is 1. The minimum atomic E-state index is -1.02. The number of carbonyl (C=O) groups is 1. The van der Waals surface area contributed by atoms with Crippen LogP contribution in [0.2, 0.25) is 0 Å². The quantitative estimate of drug-likeness (QED) is 0.925. The Morgan fingerprint density at radius 3 is 2.90 bits per heavy atom. The topological polar surface area (TPSA) is 85.5 Å². The minimum absolute atomic E-state index is 0.139. The van der Waals surface area contributed by atoms with Crippen LogP contribution < -0.4 is 0 Å². The summed E-state index contributed by atoms with van der Waals surface area (Å²) < 4.78 is 10.9. The van der Waals surface area contributed by atoms with E-state index >= 15 is 0 Å². The second-order valence-corrected chi connectivity index (χ2v) is 4.96. The summed E-state index contributed by atoms with van der Waals surface area (Å²) >= 11 is 0. The molecule has 1 aromatic carbocycles. The Bertz CT molecular complexity index is 644. The number of benzene rings is 1. The fraction of sp³-hybridized carbons (Fsp3) is 0.357. The highest BCUT2D eigenvalue weighted by Gasteiger charge is 2.37. The Hall–Kier alpha value is -2.21. The van der Waals surface area contributed by atoms with Gasteiger partial charge in [-0.05, 0) is 31.9 Å². The van der Waals surface area contributed by atoms with Gasteiger partial charge in [-0.25, -0.2) is 4.79 Å². The second kappa shape index (κ2) is 4.72. The fourth-order valence-electron chi connectivity index (χ4n) is 2.36. The minimum Gasteiger partial charge on any atom is -0.478 e. The lowest BCUT2D eigenvalue weighted by molar-refractivity contribution is 0.00768. The average molecular weight is 274 g/mol. The molecule has 2 aromatic rings. The van der Waals surface area contributed by atoms with Gasteiger partial charge in [-0.3, -0.25) is 0 Å². The highest BCUT2D eigenvalue weighted by molar-refractivity contribution is 5.94. The Kier molecular flexibility index (Phi) is 3.02. The van der Waals surface area contributed by atoms with Gasteiger partial charge in [0, 0.05) is 6.61 Å². The van der Waals surface area contributed by atoms with Crippen LogP contribution in [-0.4, -0.2) is 27.8 Å². The maximum absolute atomic E-state index is 11.2. The standard InChI is InChI=1S/C14H14N2O4/c1-14(7-4-8-19-14)13-15-11(20-16-13)9-5-2-3-6-10(9)12(17)18/h2-3,5-6H,4,7-8H2,1H3,(H,17,18). The summed E-state index contributed by atoms with van der Waals surface area (Å²) in [5.41, 5.74) is 0.0143. The van der Waals surface area contributed by atoms with Gasteiger partial charge in [0.1, 0.15) is 5.60 Å². The maximum Gasteiger partial charge on any atom is 0.336 e. The molecule has 1 unspecified atom stereocenters. The molecule has 1 atom stereocenters. The molecule has 1 saturated heterocycles. The molecule has 0 bridgehead atoms. The number of hydrogen-bond acceptors (Lipinski definition) is 5. The first-order valence-electron chi connectivity index (χ1n) is 6.41. The summed E-state index contributed by atoms with van der Waals surface area (Å²) in [5.74, 6) is -0.358. The first-order chi connectivity index (χ1) is 9.60. The van der Waals surface area contributed by atoms with Crippen LogP contribution in [0, 0.1) is 0 Å². The van der Waals surface area contributed by atoms with Gasteiger partial charge in [0.05, 0.1) is 11.1 Å². The number of ether oxygens (including phenoxy) is 1. The summed E-state index contributed by atoms with van der Waals surface area (Å²) in [5, 5.41) is 13.1. The highest BCUT2D eigenvalue weighted by Crippen LogP contribution is 2.35. The molecule has 0 aliphatic carbocycles. The van der Waals surface area contributed by atoms with Crippen molar-refractivity contribution in [3.63, 3.8) is 0 Å². The molecule has 0 amide bonds. The van der Waals surface area contributed by atoms with Crippen LogP contribution >= 0.6 is 0 Å². The molecule has 6 heteroatoms. The van der Waals surface area contributed by atoms with Crippen molar-refractivity contribution in [3.8, 4) is 11.5 Å². The van der Waals surface area contributed by atoms with Crippen molar-refractivity contribution in [2.75, 3.05) is 6.61 Å². The van der Waals surface area contributed by atoms with Gasteiger partial charge >= 0.3 is 5.97 Å². The summed E-state index contributed by atoms with van der Waals surface area (Å²) in [7, 11) is 0. The van der Waals surface area contributed by atoms with Gasteiger partial charge in [0.25, 0.3) is 5.89 Å². The fourth-order valence-corrected chi connectivity index (χ4v) is 2.36. The van der Waals surface area contributed by atoms with Crippen molar-refractivity contribution >= 4 is 5.97 Å². The maximum atomic E-state index is 11.2. The van der Waals surface area contributed by atoms with Crippen molar-refractivity contribution in [2.45, 2.75) is 25.4 Å². The zero-order chi connectivity index (χ0) is 14.2. The van der Waals surface area contributed by atoms with Gasteiger partial charge < -0.3 is 14.4 Å². The van der Waals surface area contributed by atoms with E-state index in [1.165, 1.54) is 6.07 Å². The number of aromatic nitrogens is 2. The monoisotopic (exact) mass is 274 g/mol. The molecule has 1 aliphatic rings. The van der Waals surface area contributed by atoms with Gasteiger partial charge in [-0.1, -0.05) is 17.3 Å². The van der Waals surface area contributed by atoms with E-state index in [1.807, 2.05) is 6.92 Å². The number of nitrogens with zero attached hydrogens (tertiary/aromatic N) is 2. The molecule has 20 heavy (non-hydrogen) atoms. The molecular weight excluding hydrogens is 260 g/mol. The van der Waals surface area contributed by atoms with E-state index in [2.05, 4.69) is 10.1 Å². The van der Waals surface area contributed by atoms with E-state index in [-0.39, 0.29) is 11.5 Å². The van der Waals surface area contributed by atoms with Crippen molar-refractivity contribution in [1.82, 2.24) is 10.1 Å². The van der Waals surface area contributed by atoms with E-state index in [4.69, 9.17) is 9.26 Å². The molecule has 2 heterocycles. The molecule has 1 aliphatic heterocycles. The molecule has 0 spiro atoms. The normalized spacial score (nSPS) is 22.1. The van der Waals surface area contributed by atoms with Gasteiger partial charge in [-0.2, -0.15) is 4.98 Å². The smallest absolute Gasteiger partial charge is 0.336 e. The third kappa shape index (κ3) is 2.08. The number of carboxylic acids is 1. The lowest BCUT2D eigenvalue weighted by atomic mass is 10.0. The first-order valence-corrected chi connectivity index (χ1v) is 6.41. The second-order valence-electron chi connectivity index (χ2n) is 4.96. The van der Waals surface area contributed by atoms with Crippen molar-refractivity contribution in [2.24, 2.45) is 0 Å². The molecule has 1 N–H and O–H groups in total. The molecule has 6 nitrogen and oxygen atoms in total. The molecule has 0 saturated carbocycles. The van der Waals surface area contributed by atoms with Crippen molar-refractivity contribution in [1.29, 1.82) is 0 Å². The van der Waals surface area contributed by atoms with E-state index in [0.29, 0.717) is 18.0 Å². The van der Waals surface area contributed by atoms with Crippen molar-refractivity contribution < 1.29 is 19.2 Å². The molecule has 3 rings (SSSR count). The molecular formula is C14H14N2O4. The summed E-state index contributed by atoms with van der Waals surface area (Å²) in [4.78, 5) is 15.5. The Labute approximate surface area is 115 Å². The summed E-state index contributed by atoms with van der Waals surface area (Å²) in [6.07, 6.45) is 1.78. The van der Waals surface area contributed by atoms with Gasteiger partial charge in [0.15, 0.2) is 0 Å². The van der Waals surface area contributed by atoms with Crippen molar-refractivity contribution in [3.05, 3.63) is 35.7 Å². The number of aromatic carboxylic acids is 1. The first kappa shape index (κ1) is 12.8. The Morgan fingerprint density at radius 1 is 1.40 bits per heavy atom. The summed E-state index contributed by atoms with van der Waals surface area (Å²) in [6.45, 7) is 2.59. The Morgan fingerprint density at radius 2 is 2.20 bits per heavy atom. The van der Waals surface area contributed by atoms with Crippen LogP contribution in [0.4, 0.5) is 0 Å². The predicted octanol–water partition coefficient (Wildman–Crippen LogP) is 2.46. The van der Waals surface area contributed by atoms with Crippen LogP contribution in [0.1, 0.15) is 35.9 Å². The third-order valence-corrected chi connectivity index (χ3v) is 3.51. The predicted molar refractivity (Wildman–Crippen MR) is 69.2 cm³/mol. The van der Waals surface area contributed by atoms with Gasteiger partial charge in [0.2, 0.25) is 5.82 Å². The zero-order valence-corrected chi connectivity index (χ0v) is 11.0. The lowest BCUT2D eigenvalue weighted by Crippen LogP contribution is -2.21. The van der Waals surface area contributed by atoms with Crippen LogP contribution in [0.15, 0.2) is 28.8 Å². The van der Waals surface area contributed by atoms with E-state index in [0.717, 1.165) is 12.8 Å².